The summed E-state index contributed by atoms with van der Waals surface area (Å²) in [5, 5.41) is 0. The van der Waals surface area contributed by atoms with Gasteiger partial charge in [0, 0.05) is 12.8 Å². The zero-order chi connectivity index (χ0) is 11.3. The Balaban J connectivity index is 2.34. The smallest absolute Gasteiger partial charge is 0.133 e. The molecular weight excluding hydrogens is 184 g/mol. The molecule has 0 radical (unpaired) electrons. The van der Waals surface area contributed by atoms with Gasteiger partial charge in [-0.1, -0.05) is 25.5 Å². The minimum absolute atomic E-state index is 0.455. The largest absolute Gasteiger partial charge is 0.300 e. The number of carbonyl (C=O) groups excluding carboxylic acids is 1. The van der Waals surface area contributed by atoms with Gasteiger partial charge in [0.25, 0.3) is 0 Å². The van der Waals surface area contributed by atoms with E-state index in [2.05, 4.69) is 26.8 Å². The van der Waals surface area contributed by atoms with E-state index in [0.717, 1.165) is 25.2 Å². The number of Topliss-reactive ketones (excluding diaryl/α,β-unsaturated/α-hetero) is 1. The summed E-state index contributed by atoms with van der Waals surface area (Å²) in [4.78, 5) is 11.5. The second-order valence-electron chi connectivity index (χ2n) is 5.06. The van der Waals surface area contributed by atoms with E-state index in [0.29, 0.717) is 11.7 Å². The van der Waals surface area contributed by atoms with E-state index < -0.39 is 0 Å². The van der Waals surface area contributed by atoms with E-state index in [1.807, 2.05) is 0 Å². The van der Waals surface area contributed by atoms with Gasteiger partial charge in [0.15, 0.2) is 0 Å². The molecule has 0 bridgehead atoms. The van der Waals surface area contributed by atoms with E-state index in [-0.39, 0.29) is 0 Å². The van der Waals surface area contributed by atoms with Crippen LogP contribution in [0.5, 0.6) is 0 Å². The van der Waals surface area contributed by atoms with Crippen LogP contribution >= 0.6 is 0 Å². The van der Waals surface area contributed by atoms with Crippen LogP contribution in [0.2, 0.25) is 0 Å². The highest BCUT2D eigenvalue weighted by atomic mass is 16.1. The highest BCUT2D eigenvalue weighted by Gasteiger charge is 2.21. The lowest BCUT2D eigenvalue weighted by molar-refractivity contribution is -0.120. The van der Waals surface area contributed by atoms with E-state index in [4.69, 9.17) is 0 Å². The third-order valence-corrected chi connectivity index (χ3v) is 3.56. The summed E-state index contributed by atoms with van der Waals surface area (Å²) < 4.78 is 0. The molecule has 1 nitrogen and oxygen atoms in total. The standard InChI is InChI=1S/C14H24O/c1-4-5-14(15)10-12(3)13-8-6-11(2)7-9-13/h6,12-13H,4-5,7-10H2,1-3H3. The third kappa shape index (κ3) is 4.19. The molecule has 1 heteroatoms. The Bertz CT molecular complexity index is 240. The van der Waals surface area contributed by atoms with Crippen LogP contribution in [0.3, 0.4) is 0 Å². The van der Waals surface area contributed by atoms with Crippen molar-refractivity contribution in [2.75, 3.05) is 0 Å². The molecule has 86 valence electrons. The van der Waals surface area contributed by atoms with Crippen molar-refractivity contribution in [2.45, 2.75) is 59.3 Å². The molecule has 2 atom stereocenters. The molecule has 0 aliphatic heterocycles. The molecule has 0 aromatic rings. The van der Waals surface area contributed by atoms with Gasteiger partial charge in [-0.15, -0.1) is 0 Å². The highest BCUT2D eigenvalue weighted by Crippen LogP contribution is 2.31. The third-order valence-electron chi connectivity index (χ3n) is 3.56. The summed E-state index contributed by atoms with van der Waals surface area (Å²) in [5.74, 6) is 1.78. The zero-order valence-corrected chi connectivity index (χ0v) is 10.4. The Morgan fingerprint density at radius 1 is 1.60 bits per heavy atom. The van der Waals surface area contributed by atoms with Gasteiger partial charge in [0.05, 0.1) is 0 Å². The van der Waals surface area contributed by atoms with Gasteiger partial charge in [-0.25, -0.2) is 0 Å². The molecule has 0 aromatic carbocycles. The van der Waals surface area contributed by atoms with Gasteiger partial charge < -0.3 is 0 Å². The molecule has 0 amide bonds. The van der Waals surface area contributed by atoms with Gasteiger partial charge in [0.1, 0.15) is 5.78 Å². The van der Waals surface area contributed by atoms with E-state index >= 15 is 0 Å². The van der Waals surface area contributed by atoms with Crippen molar-refractivity contribution in [3.05, 3.63) is 11.6 Å². The normalized spacial score (nSPS) is 23.4. The SMILES string of the molecule is CCCC(=O)CC(C)C1CC=C(C)CC1. The maximum atomic E-state index is 11.5. The average Bonchev–Trinajstić information content (AvgIpc) is 2.18. The summed E-state index contributed by atoms with van der Waals surface area (Å²) in [7, 11) is 0. The Hall–Kier alpha value is -0.590. The van der Waals surface area contributed by atoms with Crippen LogP contribution in [-0.4, -0.2) is 5.78 Å². The fourth-order valence-corrected chi connectivity index (χ4v) is 2.41. The molecular formula is C14H24O. The van der Waals surface area contributed by atoms with Gasteiger partial charge >= 0.3 is 0 Å². The molecule has 1 aliphatic carbocycles. The summed E-state index contributed by atoms with van der Waals surface area (Å²) in [6.45, 7) is 6.53. The van der Waals surface area contributed by atoms with E-state index in [1.165, 1.54) is 24.8 Å². The second-order valence-corrected chi connectivity index (χ2v) is 5.06. The molecule has 15 heavy (non-hydrogen) atoms. The highest BCUT2D eigenvalue weighted by molar-refractivity contribution is 5.78. The van der Waals surface area contributed by atoms with Gasteiger partial charge in [0.2, 0.25) is 0 Å². The maximum Gasteiger partial charge on any atom is 0.133 e. The summed E-state index contributed by atoms with van der Waals surface area (Å²) in [6, 6.07) is 0. The summed E-state index contributed by atoms with van der Waals surface area (Å²) in [6.07, 6.45) is 8.62. The molecule has 1 rings (SSSR count). The van der Waals surface area contributed by atoms with Crippen LogP contribution in [0.1, 0.15) is 59.3 Å². The van der Waals surface area contributed by atoms with Crippen LogP contribution in [0, 0.1) is 11.8 Å². The Kier molecular flexibility index (Phi) is 5.07. The van der Waals surface area contributed by atoms with Gasteiger partial charge in [-0.05, 0) is 44.4 Å². The Morgan fingerprint density at radius 2 is 2.33 bits per heavy atom. The zero-order valence-electron chi connectivity index (χ0n) is 10.4. The number of ketones is 1. The Morgan fingerprint density at radius 3 is 2.87 bits per heavy atom. The molecule has 0 heterocycles. The first kappa shape index (κ1) is 12.5. The molecule has 1 aliphatic rings. The lowest BCUT2D eigenvalue weighted by Crippen LogP contribution is -2.17. The monoisotopic (exact) mass is 208 g/mol. The van der Waals surface area contributed by atoms with Crippen molar-refractivity contribution < 1.29 is 4.79 Å². The molecule has 2 unspecified atom stereocenters. The summed E-state index contributed by atoms with van der Waals surface area (Å²) >= 11 is 0. The van der Waals surface area contributed by atoms with Crippen LogP contribution in [-0.2, 0) is 4.79 Å². The van der Waals surface area contributed by atoms with Crippen molar-refractivity contribution in [2.24, 2.45) is 11.8 Å². The minimum Gasteiger partial charge on any atom is -0.300 e. The average molecular weight is 208 g/mol. The Labute approximate surface area is 93.9 Å². The second kappa shape index (κ2) is 6.09. The van der Waals surface area contributed by atoms with Crippen molar-refractivity contribution in [3.63, 3.8) is 0 Å². The van der Waals surface area contributed by atoms with Crippen molar-refractivity contribution in [1.82, 2.24) is 0 Å². The number of hydrogen-bond donors (Lipinski definition) is 0. The first-order valence-corrected chi connectivity index (χ1v) is 6.30. The number of rotatable bonds is 5. The lowest BCUT2D eigenvalue weighted by atomic mass is 9.79. The van der Waals surface area contributed by atoms with Crippen LogP contribution in [0.25, 0.3) is 0 Å². The molecule has 0 spiro atoms. The predicted octanol–water partition coefficient (Wildman–Crippen LogP) is 4.13. The number of allylic oxidation sites excluding steroid dienone is 2. The summed E-state index contributed by atoms with van der Waals surface area (Å²) in [5.41, 5.74) is 1.53. The first-order valence-electron chi connectivity index (χ1n) is 6.30. The first-order chi connectivity index (χ1) is 7.13. The van der Waals surface area contributed by atoms with Crippen molar-refractivity contribution >= 4 is 5.78 Å². The maximum absolute atomic E-state index is 11.5. The quantitative estimate of drug-likeness (QED) is 0.621. The van der Waals surface area contributed by atoms with Gasteiger partial charge in [-0.3, -0.25) is 4.79 Å². The molecule has 0 aromatic heterocycles. The molecule has 0 saturated carbocycles. The lowest BCUT2D eigenvalue weighted by Gasteiger charge is -2.26. The number of carbonyl (C=O) groups is 1. The van der Waals surface area contributed by atoms with Gasteiger partial charge in [-0.2, -0.15) is 0 Å². The molecule has 0 fully saturated rings. The van der Waals surface area contributed by atoms with Crippen molar-refractivity contribution in [3.8, 4) is 0 Å². The predicted molar refractivity (Wildman–Crippen MR) is 64.8 cm³/mol. The fourth-order valence-electron chi connectivity index (χ4n) is 2.41. The molecule has 0 N–H and O–H groups in total. The van der Waals surface area contributed by atoms with E-state index in [9.17, 15) is 4.79 Å². The van der Waals surface area contributed by atoms with Crippen LogP contribution in [0.4, 0.5) is 0 Å². The van der Waals surface area contributed by atoms with E-state index in [1.54, 1.807) is 0 Å². The number of hydrogen-bond acceptors (Lipinski definition) is 1. The molecule has 0 saturated heterocycles. The fraction of sp³-hybridized carbons (Fsp3) is 0.786. The van der Waals surface area contributed by atoms with Crippen LogP contribution < -0.4 is 0 Å². The van der Waals surface area contributed by atoms with Crippen molar-refractivity contribution in [1.29, 1.82) is 0 Å². The minimum atomic E-state index is 0.455. The van der Waals surface area contributed by atoms with Crippen LogP contribution in [0.15, 0.2) is 11.6 Å². The topological polar surface area (TPSA) is 17.1 Å².